The number of aryl methyl sites for hydroxylation is 3. The maximum Gasteiger partial charge on any atom is 0.261 e. The summed E-state index contributed by atoms with van der Waals surface area (Å²) in [5.74, 6) is 1.36. The Balaban J connectivity index is 1.82. The molecule has 0 fully saturated rings. The van der Waals surface area contributed by atoms with Crippen LogP contribution in [0.2, 0.25) is 0 Å². The molecule has 0 aromatic heterocycles. The van der Waals surface area contributed by atoms with E-state index in [-0.39, 0.29) is 11.9 Å². The maximum absolute atomic E-state index is 12.3. The highest BCUT2D eigenvalue weighted by molar-refractivity contribution is 5.81. The lowest BCUT2D eigenvalue weighted by molar-refractivity contribution is -0.128. The van der Waals surface area contributed by atoms with E-state index < -0.39 is 6.10 Å². The summed E-state index contributed by atoms with van der Waals surface area (Å²) in [4.78, 5) is 12.3. The van der Waals surface area contributed by atoms with Gasteiger partial charge in [0.25, 0.3) is 5.91 Å². The molecule has 1 amide bonds. The highest BCUT2D eigenvalue weighted by Gasteiger charge is 2.17. The van der Waals surface area contributed by atoms with Gasteiger partial charge in [-0.3, -0.25) is 4.79 Å². The van der Waals surface area contributed by atoms with Gasteiger partial charge in [0, 0.05) is 0 Å². The Morgan fingerprint density at radius 3 is 2.12 bits per heavy atom. The lowest BCUT2D eigenvalue weighted by Crippen LogP contribution is -2.43. The van der Waals surface area contributed by atoms with Gasteiger partial charge < -0.3 is 14.8 Å². The van der Waals surface area contributed by atoms with Crippen molar-refractivity contribution < 1.29 is 14.3 Å². The van der Waals surface area contributed by atoms with E-state index in [9.17, 15) is 4.79 Å². The van der Waals surface area contributed by atoms with Crippen LogP contribution in [0.4, 0.5) is 0 Å². The Labute approximate surface area is 150 Å². The van der Waals surface area contributed by atoms with Gasteiger partial charge >= 0.3 is 0 Å². The fourth-order valence-corrected chi connectivity index (χ4v) is 2.52. The highest BCUT2D eigenvalue weighted by atomic mass is 16.5. The zero-order valence-corrected chi connectivity index (χ0v) is 15.6. The molecule has 0 radical (unpaired) electrons. The maximum atomic E-state index is 12.3. The van der Waals surface area contributed by atoms with Crippen molar-refractivity contribution in [3.05, 3.63) is 59.2 Å². The average Bonchev–Trinajstić information content (AvgIpc) is 2.53. The fraction of sp³-hybridized carbons (Fsp3) is 0.381. The molecule has 2 aromatic carbocycles. The van der Waals surface area contributed by atoms with E-state index in [0.29, 0.717) is 12.4 Å². The Morgan fingerprint density at radius 2 is 1.52 bits per heavy atom. The second-order valence-electron chi connectivity index (χ2n) is 6.62. The van der Waals surface area contributed by atoms with Gasteiger partial charge in [-0.2, -0.15) is 0 Å². The van der Waals surface area contributed by atoms with E-state index in [4.69, 9.17) is 9.47 Å². The van der Waals surface area contributed by atoms with Crippen LogP contribution in [-0.2, 0) is 4.79 Å². The molecule has 0 spiro atoms. The molecule has 1 N–H and O–H groups in total. The molecule has 0 aliphatic carbocycles. The van der Waals surface area contributed by atoms with Crippen molar-refractivity contribution in [1.82, 2.24) is 5.32 Å². The second kappa shape index (κ2) is 8.56. The molecule has 134 valence electrons. The largest absolute Gasteiger partial charge is 0.491 e. The first-order valence-corrected chi connectivity index (χ1v) is 8.58. The minimum atomic E-state index is -0.567. The van der Waals surface area contributed by atoms with Crippen molar-refractivity contribution in [1.29, 1.82) is 0 Å². The van der Waals surface area contributed by atoms with Crippen LogP contribution < -0.4 is 14.8 Å². The van der Waals surface area contributed by atoms with Crippen molar-refractivity contribution in [2.24, 2.45) is 0 Å². The Morgan fingerprint density at radius 1 is 0.920 bits per heavy atom. The first kappa shape index (κ1) is 18.8. The number of amides is 1. The van der Waals surface area contributed by atoms with Crippen molar-refractivity contribution in [2.75, 3.05) is 6.61 Å². The monoisotopic (exact) mass is 341 g/mol. The molecule has 4 nitrogen and oxygen atoms in total. The van der Waals surface area contributed by atoms with Crippen LogP contribution in [0.5, 0.6) is 11.5 Å². The van der Waals surface area contributed by atoms with Gasteiger partial charge in [0.05, 0.1) is 6.04 Å². The van der Waals surface area contributed by atoms with Crippen molar-refractivity contribution >= 4 is 5.91 Å². The first-order chi connectivity index (χ1) is 11.8. The molecule has 2 aromatic rings. The normalized spacial score (nSPS) is 13.0. The molecule has 2 atom stereocenters. The number of carbonyl (C=O) groups excluding carboxylic acids is 1. The van der Waals surface area contributed by atoms with E-state index in [1.54, 1.807) is 6.92 Å². The van der Waals surface area contributed by atoms with E-state index in [1.165, 1.54) is 5.56 Å². The first-order valence-electron chi connectivity index (χ1n) is 8.58. The Hall–Kier alpha value is -2.49. The van der Waals surface area contributed by atoms with Gasteiger partial charge in [0.1, 0.15) is 18.1 Å². The summed E-state index contributed by atoms with van der Waals surface area (Å²) in [6.45, 7) is 10.1. The third kappa shape index (κ3) is 6.14. The van der Waals surface area contributed by atoms with Crippen molar-refractivity contribution in [2.45, 2.75) is 46.8 Å². The van der Waals surface area contributed by atoms with Crippen LogP contribution in [0.3, 0.4) is 0 Å². The van der Waals surface area contributed by atoms with E-state index in [1.807, 2.05) is 64.1 Å². The number of hydrogen-bond donors (Lipinski definition) is 1. The third-order valence-electron chi connectivity index (χ3n) is 3.79. The lowest BCUT2D eigenvalue weighted by Gasteiger charge is -2.19. The molecule has 4 heteroatoms. The van der Waals surface area contributed by atoms with Crippen molar-refractivity contribution in [3.8, 4) is 11.5 Å². The molecule has 0 bridgehead atoms. The minimum Gasteiger partial charge on any atom is -0.491 e. The Bertz CT molecular complexity index is 689. The zero-order valence-electron chi connectivity index (χ0n) is 15.6. The summed E-state index contributed by atoms with van der Waals surface area (Å²) in [6, 6.07) is 13.7. The van der Waals surface area contributed by atoms with E-state index in [0.717, 1.165) is 16.9 Å². The number of nitrogens with one attached hydrogen (secondary N) is 1. The molecule has 0 saturated heterocycles. The van der Waals surface area contributed by atoms with E-state index >= 15 is 0 Å². The zero-order chi connectivity index (χ0) is 18.4. The third-order valence-corrected chi connectivity index (χ3v) is 3.79. The number of hydrogen-bond acceptors (Lipinski definition) is 3. The topological polar surface area (TPSA) is 47.6 Å². The van der Waals surface area contributed by atoms with Gasteiger partial charge in [-0.05, 0) is 70.0 Å². The quantitative estimate of drug-likeness (QED) is 0.829. The van der Waals surface area contributed by atoms with Crippen molar-refractivity contribution in [3.63, 3.8) is 0 Å². The summed E-state index contributed by atoms with van der Waals surface area (Å²) in [5, 5.41) is 2.92. The highest BCUT2D eigenvalue weighted by Crippen LogP contribution is 2.17. The molecular formula is C21H27NO3. The molecule has 0 unspecified atom stereocenters. The van der Waals surface area contributed by atoms with Crippen LogP contribution in [0.25, 0.3) is 0 Å². The van der Waals surface area contributed by atoms with Gasteiger partial charge in [-0.15, -0.1) is 0 Å². The van der Waals surface area contributed by atoms with Gasteiger partial charge in [0.2, 0.25) is 0 Å². The molecule has 0 heterocycles. The number of carbonyl (C=O) groups is 1. The van der Waals surface area contributed by atoms with Gasteiger partial charge in [-0.25, -0.2) is 0 Å². The predicted octanol–water partition coefficient (Wildman–Crippen LogP) is 3.96. The summed E-state index contributed by atoms with van der Waals surface area (Å²) in [5.41, 5.74) is 3.41. The number of benzene rings is 2. The molecule has 2 rings (SSSR count). The molecule has 0 aliphatic heterocycles. The van der Waals surface area contributed by atoms with Crippen LogP contribution in [-0.4, -0.2) is 24.7 Å². The predicted molar refractivity (Wildman–Crippen MR) is 100 cm³/mol. The average molecular weight is 341 g/mol. The van der Waals surface area contributed by atoms with Crippen LogP contribution in [0, 0.1) is 20.8 Å². The van der Waals surface area contributed by atoms with Gasteiger partial charge in [0.15, 0.2) is 6.10 Å². The summed E-state index contributed by atoms with van der Waals surface area (Å²) in [7, 11) is 0. The number of rotatable bonds is 7. The molecule has 0 saturated carbocycles. The van der Waals surface area contributed by atoms with Crippen LogP contribution >= 0.6 is 0 Å². The smallest absolute Gasteiger partial charge is 0.261 e. The fourth-order valence-electron chi connectivity index (χ4n) is 2.52. The van der Waals surface area contributed by atoms with E-state index in [2.05, 4.69) is 11.4 Å². The second-order valence-corrected chi connectivity index (χ2v) is 6.62. The SMILES string of the molecule is Cc1ccc(OC[C@@H](C)NC(=O)[C@H](C)Oc2cc(C)cc(C)c2)cc1. The molecule has 0 aliphatic rings. The number of ether oxygens (including phenoxy) is 2. The summed E-state index contributed by atoms with van der Waals surface area (Å²) < 4.78 is 11.5. The minimum absolute atomic E-state index is 0.112. The van der Waals surface area contributed by atoms with Crippen LogP contribution in [0.15, 0.2) is 42.5 Å². The van der Waals surface area contributed by atoms with Crippen LogP contribution in [0.1, 0.15) is 30.5 Å². The standard InChI is InChI=1S/C21H27NO3/c1-14-6-8-19(9-7-14)24-13-17(4)22-21(23)18(5)25-20-11-15(2)10-16(3)12-20/h6-12,17-18H,13H2,1-5H3,(H,22,23)/t17-,18+/m1/s1. The summed E-state index contributed by atoms with van der Waals surface area (Å²) in [6.07, 6.45) is -0.567. The molecular weight excluding hydrogens is 314 g/mol. The lowest BCUT2D eigenvalue weighted by atomic mass is 10.1. The van der Waals surface area contributed by atoms with Gasteiger partial charge in [-0.1, -0.05) is 23.8 Å². The molecule has 25 heavy (non-hydrogen) atoms. The summed E-state index contributed by atoms with van der Waals surface area (Å²) >= 11 is 0. The Kier molecular flexibility index (Phi) is 6.45.